The summed E-state index contributed by atoms with van der Waals surface area (Å²) >= 11 is 1.49. The van der Waals surface area contributed by atoms with Crippen LogP contribution in [-0.2, 0) is 11.3 Å². The van der Waals surface area contributed by atoms with Crippen molar-refractivity contribution in [2.75, 3.05) is 0 Å². The standard InChI is InChI=1S/C16H19N5OS/c22-15(17-11-12-7-3-1-4-8-12)14(13-9-5-2-6-10-13)23-16-18-20-21-19-16/h1-10,14,16,18-21H,11H2,(H,17,22). The summed E-state index contributed by atoms with van der Waals surface area (Å²) in [5.41, 5.74) is 13.5. The van der Waals surface area contributed by atoms with Crippen LogP contribution in [0.15, 0.2) is 60.7 Å². The molecule has 1 unspecified atom stereocenters. The van der Waals surface area contributed by atoms with Crippen LogP contribution in [0.4, 0.5) is 0 Å². The second-order valence-corrected chi connectivity index (χ2v) is 6.26. The second-order valence-electron chi connectivity index (χ2n) is 5.05. The zero-order chi connectivity index (χ0) is 15.9. The van der Waals surface area contributed by atoms with Crippen molar-refractivity contribution < 1.29 is 4.79 Å². The first-order chi connectivity index (χ1) is 11.3. The van der Waals surface area contributed by atoms with Crippen molar-refractivity contribution in [3.8, 4) is 0 Å². The zero-order valence-corrected chi connectivity index (χ0v) is 13.3. The maximum atomic E-state index is 12.7. The van der Waals surface area contributed by atoms with Gasteiger partial charge in [-0.25, -0.2) is 10.9 Å². The van der Waals surface area contributed by atoms with Crippen LogP contribution >= 0.6 is 11.8 Å². The van der Waals surface area contributed by atoms with Crippen LogP contribution in [0.25, 0.3) is 0 Å². The van der Waals surface area contributed by atoms with E-state index in [0.29, 0.717) is 6.54 Å². The largest absolute Gasteiger partial charge is 0.351 e. The van der Waals surface area contributed by atoms with Gasteiger partial charge in [-0.2, -0.15) is 11.1 Å². The quantitative estimate of drug-likeness (QED) is 0.548. The maximum absolute atomic E-state index is 12.7. The van der Waals surface area contributed by atoms with E-state index in [1.54, 1.807) is 0 Å². The van der Waals surface area contributed by atoms with E-state index in [1.165, 1.54) is 11.8 Å². The van der Waals surface area contributed by atoms with Gasteiger partial charge in [-0.05, 0) is 11.1 Å². The Labute approximate surface area is 139 Å². The van der Waals surface area contributed by atoms with Crippen LogP contribution in [0.1, 0.15) is 16.4 Å². The second kappa shape index (κ2) is 8.09. The number of thioether (sulfide) groups is 1. The number of rotatable bonds is 6. The van der Waals surface area contributed by atoms with Gasteiger partial charge in [0.25, 0.3) is 0 Å². The van der Waals surface area contributed by atoms with E-state index < -0.39 is 0 Å². The van der Waals surface area contributed by atoms with Crippen LogP contribution in [0, 0.1) is 0 Å². The van der Waals surface area contributed by atoms with Crippen molar-refractivity contribution in [3.63, 3.8) is 0 Å². The van der Waals surface area contributed by atoms with Crippen LogP contribution in [0.3, 0.4) is 0 Å². The fraction of sp³-hybridized carbons (Fsp3) is 0.188. The Morgan fingerprint density at radius 3 is 2.26 bits per heavy atom. The molecule has 1 aliphatic rings. The number of carbonyl (C=O) groups is 1. The zero-order valence-electron chi connectivity index (χ0n) is 12.5. The average molecular weight is 329 g/mol. The van der Waals surface area contributed by atoms with Crippen LogP contribution in [-0.4, -0.2) is 11.4 Å². The first kappa shape index (κ1) is 16.0. The summed E-state index contributed by atoms with van der Waals surface area (Å²) in [5, 5.41) is 2.70. The van der Waals surface area contributed by atoms with Gasteiger partial charge >= 0.3 is 0 Å². The number of hydrazine groups is 3. The molecule has 0 bridgehead atoms. The summed E-state index contributed by atoms with van der Waals surface area (Å²) < 4.78 is 0. The van der Waals surface area contributed by atoms with Crippen LogP contribution in [0.5, 0.6) is 0 Å². The molecule has 120 valence electrons. The van der Waals surface area contributed by atoms with Crippen molar-refractivity contribution in [1.82, 2.24) is 27.2 Å². The molecule has 0 spiro atoms. The van der Waals surface area contributed by atoms with Crippen molar-refractivity contribution in [2.24, 2.45) is 0 Å². The van der Waals surface area contributed by atoms with E-state index in [9.17, 15) is 4.79 Å². The lowest BCUT2D eigenvalue weighted by atomic mass is 10.1. The summed E-state index contributed by atoms with van der Waals surface area (Å²) in [7, 11) is 0. The Kier molecular flexibility index (Phi) is 5.62. The molecule has 3 rings (SSSR count). The summed E-state index contributed by atoms with van der Waals surface area (Å²) in [5.74, 6) is -0.0134. The molecule has 1 atom stereocenters. The van der Waals surface area contributed by atoms with E-state index in [-0.39, 0.29) is 16.7 Å². The molecule has 0 radical (unpaired) electrons. The molecule has 1 amide bonds. The molecular formula is C16H19N5OS. The highest BCUT2D eigenvalue weighted by Gasteiger charge is 2.26. The van der Waals surface area contributed by atoms with Crippen molar-refractivity contribution in [1.29, 1.82) is 0 Å². The van der Waals surface area contributed by atoms with Crippen molar-refractivity contribution in [2.45, 2.75) is 17.3 Å². The topological polar surface area (TPSA) is 77.2 Å². The molecule has 2 aromatic carbocycles. The molecule has 1 fully saturated rings. The summed E-state index contributed by atoms with van der Waals surface area (Å²) in [4.78, 5) is 12.7. The monoisotopic (exact) mass is 329 g/mol. The third-order valence-corrected chi connectivity index (χ3v) is 4.66. The smallest absolute Gasteiger partial charge is 0.238 e. The Morgan fingerprint density at radius 1 is 1.00 bits per heavy atom. The molecule has 2 aromatic rings. The highest BCUT2D eigenvalue weighted by atomic mass is 32.2. The Bertz CT molecular complexity index is 619. The third kappa shape index (κ3) is 4.54. The maximum Gasteiger partial charge on any atom is 0.238 e. The minimum Gasteiger partial charge on any atom is -0.351 e. The first-order valence-corrected chi connectivity index (χ1v) is 8.30. The van der Waals surface area contributed by atoms with Gasteiger partial charge in [-0.1, -0.05) is 60.7 Å². The number of nitrogens with one attached hydrogen (secondary N) is 5. The van der Waals surface area contributed by atoms with Crippen LogP contribution < -0.4 is 27.2 Å². The number of carbonyl (C=O) groups excluding carboxylic acids is 1. The highest BCUT2D eigenvalue weighted by molar-refractivity contribution is 8.00. The average Bonchev–Trinajstić information content (AvgIpc) is 3.12. The lowest BCUT2D eigenvalue weighted by Crippen LogP contribution is -2.35. The van der Waals surface area contributed by atoms with E-state index in [4.69, 9.17) is 0 Å². The minimum absolute atomic E-state index is 0.0134. The van der Waals surface area contributed by atoms with Gasteiger partial charge in [-0.15, -0.1) is 11.8 Å². The summed E-state index contributed by atoms with van der Waals surface area (Å²) in [6.45, 7) is 0.519. The number of hydrogen-bond acceptors (Lipinski definition) is 6. The fourth-order valence-electron chi connectivity index (χ4n) is 2.24. The molecule has 1 saturated heterocycles. The molecule has 5 N–H and O–H groups in total. The first-order valence-electron chi connectivity index (χ1n) is 7.36. The van der Waals surface area contributed by atoms with Gasteiger partial charge in [-0.3, -0.25) is 4.79 Å². The van der Waals surface area contributed by atoms with Crippen molar-refractivity contribution in [3.05, 3.63) is 71.8 Å². The molecular weight excluding hydrogens is 310 g/mol. The molecule has 23 heavy (non-hydrogen) atoms. The lowest BCUT2D eigenvalue weighted by Gasteiger charge is -2.20. The minimum atomic E-state index is -0.313. The molecule has 7 heteroatoms. The van der Waals surface area contributed by atoms with Gasteiger partial charge in [0.1, 0.15) is 10.7 Å². The Morgan fingerprint density at radius 2 is 1.61 bits per heavy atom. The van der Waals surface area contributed by atoms with Gasteiger partial charge in [0, 0.05) is 6.54 Å². The number of hydrogen-bond donors (Lipinski definition) is 5. The Balaban J connectivity index is 1.67. The Hall–Kier alpha value is -1.90. The lowest BCUT2D eigenvalue weighted by molar-refractivity contribution is -0.120. The summed E-state index contributed by atoms with van der Waals surface area (Å²) in [6.07, 6.45) is 0. The molecule has 0 aromatic heterocycles. The molecule has 0 saturated carbocycles. The molecule has 6 nitrogen and oxygen atoms in total. The van der Waals surface area contributed by atoms with E-state index >= 15 is 0 Å². The predicted octanol–water partition coefficient (Wildman–Crippen LogP) is 1.18. The number of amides is 1. The SMILES string of the molecule is O=C(NCc1ccccc1)C(SC1NNNN1)c1ccccc1. The predicted molar refractivity (Wildman–Crippen MR) is 91.4 cm³/mol. The summed E-state index contributed by atoms with van der Waals surface area (Å²) in [6, 6.07) is 19.7. The third-order valence-electron chi connectivity index (χ3n) is 3.39. The van der Waals surface area contributed by atoms with E-state index in [0.717, 1.165) is 11.1 Å². The normalized spacial score (nSPS) is 16.2. The van der Waals surface area contributed by atoms with Gasteiger partial charge in [0.15, 0.2) is 0 Å². The molecule has 1 aliphatic heterocycles. The van der Waals surface area contributed by atoms with Gasteiger partial charge in [0.2, 0.25) is 5.91 Å². The van der Waals surface area contributed by atoms with E-state index in [2.05, 4.69) is 27.2 Å². The van der Waals surface area contributed by atoms with Crippen LogP contribution in [0.2, 0.25) is 0 Å². The highest BCUT2D eigenvalue weighted by Crippen LogP contribution is 2.31. The molecule has 1 heterocycles. The van der Waals surface area contributed by atoms with Gasteiger partial charge < -0.3 is 5.32 Å². The number of benzene rings is 2. The fourth-order valence-corrected chi connectivity index (χ4v) is 3.29. The van der Waals surface area contributed by atoms with Gasteiger partial charge in [0.05, 0.1) is 0 Å². The van der Waals surface area contributed by atoms with Crippen molar-refractivity contribution >= 4 is 17.7 Å². The molecule has 0 aliphatic carbocycles. The van der Waals surface area contributed by atoms with E-state index in [1.807, 2.05) is 60.7 Å².